The molecule has 0 spiro atoms. The van der Waals surface area contributed by atoms with Gasteiger partial charge in [0, 0.05) is 50.0 Å². The molecule has 1 aliphatic heterocycles. The molecule has 3 aromatic carbocycles. The lowest BCUT2D eigenvalue weighted by Gasteiger charge is -2.38. The van der Waals surface area contributed by atoms with E-state index >= 15 is 0 Å². The minimum absolute atomic E-state index is 0.0561. The van der Waals surface area contributed by atoms with E-state index in [0.717, 1.165) is 22.3 Å². The second-order valence-electron chi connectivity index (χ2n) is 8.70. The number of esters is 1. The van der Waals surface area contributed by atoms with Gasteiger partial charge in [-0.05, 0) is 42.0 Å². The van der Waals surface area contributed by atoms with Gasteiger partial charge in [-0.25, -0.2) is 9.78 Å². The number of anilines is 1. The number of oxazole rings is 1. The van der Waals surface area contributed by atoms with Crippen LogP contribution >= 0.6 is 0 Å². The van der Waals surface area contributed by atoms with Gasteiger partial charge in [0.2, 0.25) is 5.89 Å². The fraction of sp³-hybridized carbons (Fsp3) is 0.250. The first-order valence-electron chi connectivity index (χ1n) is 11.9. The molecule has 8 heteroatoms. The molecule has 5 rings (SSSR count). The Morgan fingerprint density at radius 3 is 2.47 bits per heavy atom. The molecule has 8 nitrogen and oxygen atoms in total. The van der Waals surface area contributed by atoms with Gasteiger partial charge in [-0.2, -0.15) is 0 Å². The van der Waals surface area contributed by atoms with Crippen molar-refractivity contribution in [2.45, 2.75) is 6.04 Å². The smallest absolute Gasteiger partial charge is 0.327 e. The van der Waals surface area contributed by atoms with Crippen LogP contribution in [0.15, 0.2) is 77.2 Å². The number of carbonyl (C=O) groups is 2. The Hall–Kier alpha value is -4.17. The molecule has 1 amide bonds. The van der Waals surface area contributed by atoms with Crippen molar-refractivity contribution in [1.29, 1.82) is 0 Å². The van der Waals surface area contributed by atoms with Gasteiger partial charge in [0.05, 0.1) is 7.11 Å². The monoisotopic (exact) mass is 484 g/mol. The first-order chi connectivity index (χ1) is 17.6. The number of carbonyl (C=O) groups excluding carboxylic acids is 2. The number of benzene rings is 3. The number of hydrogen-bond donors (Lipinski definition) is 1. The molecular formula is C28H28N4O4. The van der Waals surface area contributed by atoms with Crippen LogP contribution in [0.5, 0.6) is 0 Å². The zero-order valence-electron chi connectivity index (χ0n) is 20.3. The van der Waals surface area contributed by atoms with Crippen LogP contribution in [0.3, 0.4) is 0 Å². The first kappa shape index (κ1) is 23.6. The van der Waals surface area contributed by atoms with E-state index in [4.69, 9.17) is 9.15 Å². The third kappa shape index (κ3) is 4.67. The highest BCUT2D eigenvalue weighted by atomic mass is 16.5. The highest BCUT2D eigenvalue weighted by Gasteiger charge is 2.32. The van der Waals surface area contributed by atoms with Gasteiger partial charge in [0.25, 0.3) is 5.91 Å². The number of nitrogens with one attached hydrogen (secondary N) is 1. The van der Waals surface area contributed by atoms with Crippen molar-refractivity contribution in [2.75, 3.05) is 45.7 Å². The molecule has 0 radical (unpaired) electrons. The zero-order valence-corrected chi connectivity index (χ0v) is 20.3. The number of ether oxygens (including phenoxy) is 1. The number of piperazine rings is 1. The second kappa shape index (κ2) is 10.2. The van der Waals surface area contributed by atoms with Gasteiger partial charge in [0.1, 0.15) is 11.6 Å². The molecule has 4 aromatic rings. The maximum Gasteiger partial charge on any atom is 0.327 e. The lowest BCUT2D eigenvalue weighted by molar-refractivity contribution is -0.148. The molecule has 1 fully saturated rings. The van der Waals surface area contributed by atoms with Gasteiger partial charge < -0.3 is 19.4 Å². The largest absolute Gasteiger partial charge is 0.468 e. The summed E-state index contributed by atoms with van der Waals surface area (Å²) in [6.07, 6.45) is 0. The molecule has 36 heavy (non-hydrogen) atoms. The summed E-state index contributed by atoms with van der Waals surface area (Å²) in [5.74, 6) is 0.120. The van der Waals surface area contributed by atoms with Crippen molar-refractivity contribution < 1.29 is 18.7 Å². The van der Waals surface area contributed by atoms with Crippen molar-refractivity contribution in [3.63, 3.8) is 0 Å². The normalized spacial score (nSPS) is 15.0. The summed E-state index contributed by atoms with van der Waals surface area (Å²) in [6, 6.07) is 22.2. The highest BCUT2D eigenvalue weighted by molar-refractivity contribution is 5.95. The Balaban J connectivity index is 1.30. The summed E-state index contributed by atoms with van der Waals surface area (Å²) in [5.41, 5.74) is 4.60. The Labute approximate surface area is 209 Å². The Morgan fingerprint density at radius 1 is 0.972 bits per heavy atom. The van der Waals surface area contributed by atoms with Crippen LogP contribution in [0.4, 0.5) is 5.69 Å². The van der Waals surface area contributed by atoms with Crippen LogP contribution in [-0.2, 0) is 9.53 Å². The number of aromatic nitrogens is 1. The van der Waals surface area contributed by atoms with Crippen molar-refractivity contribution in [3.8, 4) is 11.5 Å². The second-order valence-corrected chi connectivity index (χ2v) is 8.70. The number of amides is 1. The molecule has 1 saturated heterocycles. The van der Waals surface area contributed by atoms with Crippen LogP contribution < -0.4 is 5.32 Å². The minimum atomic E-state index is -0.487. The van der Waals surface area contributed by atoms with E-state index in [-0.39, 0.29) is 11.9 Å². The third-order valence-corrected chi connectivity index (χ3v) is 6.54. The number of methoxy groups -OCH3 is 1. The van der Waals surface area contributed by atoms with Crippen molar-refractivity contribution in [3.05, 3.63) is 83.9 Å². The maximum absolute atomic E-state index is 13.3. The molecule has 1 atom stereocenters. The van der Waals surface area contributed by atoms with Crippen LogP contribution in [-0.4, -0.2) is 67.0 Å². The van der Waals surface area contributed by atoms with Crippen molar-refractivity contribution in [2.24, 2.45) is 0 Å². The molecule has 184 valence electrons. The molecule has 1 aliphatic rings. The molecule has 1 N–H and O–H groups in total. The molecule has 1 aromatic heterocycles. The third-order valence-electron chi connectivity index (χ3n) is 6.54. The van der Waals surface area contributed by atoms with Gasteiger partial charge in [-0.3, -0.25) is 9.69 Å². The SMILES string of the molecule is CNc1ccc2oc(-c3cccc(C(=O)N4CCN(C(C(=O)OC)c5ccccc5)CC4)c3)nc2c1. The highest BCUT2D eigenvalue weighted by Crippen LogP contribution is 2.28. The van der Waals surface area contributed by atoms with Crippen LogP contribution in [0.1, 0.15) is 22.0 Å². The van der Waals surface area contributed by atoms with E-state index < -0.39 is 6.04 Å². The van der Waals surface area contributed by atoms with E-state index in [2.05, 4.69) is 15.2 Å². The Morgan fingerprint density at radius 2 is 1.75 bits per heavy atom. The van der Waals surface area contributed by atoms with E-state index in [1.807, 2.05) is 78.7 Å². The van der Waals surface area contributed by atoms with Crippen molar-refractivity contribution >= 4 is 28.7 Å². The van der Waals surface area contributed by atoms with E-state index in [9.17, 15) is 9.59 Å². The predicted molar refractivity (Wildman–Crippen MR) is 138 cm³/mol. The average molecular weight is 485 g/mol. The lowest BCUT2D eigenvalue weighted by Crippen LogP contribution is -2.51. The molecule has 0 bridgehead atoms. The topological polar surface area (TPSA) is 87.9 Å². The molecular weight excluding hydrogens is 456 g/mol. The summed E-state index contributed by atoms with van der Waals surface area (Å²) in [7, 11) is 3.26. The number of hydrogen-bond acceptors (Lipinski definition) is 7. The summed E-state index contributed by atoms with van der Waals surface area (Å²) in [5, 5.41) is 3.10. The van der Waals surface area contributed by atoms with Crippen LogP contribution in [0.25, 0.3) is 22.6 Å². The summed E-state index contributed by atoms with van der Waals surface area (Å²) >= 11 is 0. The summed E-state index contributed by atoms with van der Waals surface area (Å²) < 4.78 is 11.0. The van der Waals surface area contributed by atoms with E-state index in [0.29, 0.717) is 43.2 Å². The van der Waals surface area contributed by atoms with Gasteiger partial charge in [-0.1, -0.05) is 36.4 Å². The molecule has 1 unspecified atom stereocenters. The molecule has 0 saturated carbocycles. The Kier molecular flexibility index (Phi) is 6.69. The summed E-state index contributed by atoms with van der Waals surface area (Å²) in [4.78, 5) is 34.4. The number of fused-ring (bicyclic) bond motifs is 1. The Bertz CT molecular complexity index is 1380. The number of nitrogens with zero attached hydrogens (tertiary/aromatic N) is 3. The minimum Gasteiger partial charge on any atom is -0.468 e. The fourth-order valence-electron chi connectivity index (χ4n) is 4.60. The quantitative estimate of drug-likeness (QED) is 0.410. The number of rotatable bonds is 6. The molecule has 2 heterocycles. The lowest BCUT2D eigenvalue weighted by atomic mass is 10.0. The van der Waals surface area contributed by atoms with E-state index in [1.54, 1.807) is 6.07 Å². The predicted octanol–water partition coefficient (Wildman–Crippen LogP) is 4.21. The maximum atomic E-state index is 13.3. The van der Waals surface area contributed by atoms with Gasteiger partial charge in [-0.15, -0.1) is 0 Å². The summed E-state index contributed by atoms with van der Waals surface area (Å²) in [6.45, 7) is 2.16. The standard InChI is InChI=1S/C28H28N4O4/c1-29-22-11-12-24-23(18-22)30-26(36-24)20-9-6-10-21(17-20)27(33)32-15-13-31(14-16-32)25(28(34)35-2)19-7-4-3-5-8-19/h3-12,17-18,25,29H,13-16H2,1-2H3. The van der Waals surface area contributed by atoms with Gasteiger partial charge in [0.15, 0.2) is 5.58 Å². The van der Waals surface area contributed by atoms with Crippen molar-refractivity contribution in [1.82, 2.24) is 14.8 Å². The zero-order chi connectivity index (χ0) is 25.1. The average Bonchev–Trinajstić information content (AvgIpc) is 3.37. The molecule has 0 aliphatic carbocycles. The fourth-order valence-corrected chi connectivity index (χ4v) is 4.60. The first-order valence-corrected chi connectivity index (χ1v) is 11.9. The van der Waals surface area contributed by atoms with Gasteiger partial charge >= 0.3 is 5.97 Å². The van der Waals surface area contributed by atoms with Crippen LogP contribution in [0, 0.1) is 0 Å². The van der Waals surface area contributed by atoms with E-state index in [1.165, 1.54) is 7.11 Å². The van der Waals surface area contributed by atoms with Crippen LogP contribution in [0.2, 0.25) is 0 Å².